The molecule has 3 heterocycles. The third-order valence-corrected chi connectivity index (χ3v) is 5.08. The number of anilines is 2. The van der Waals surface area contributed by atoms with Crippen molar-refractivity contribution in [3.63, 3.8) is 0 Å². The maximum absolute atomic E-state index is 5.85. The van der Waals surface area contributed by atoms with Crippen LogP contribution in [0, 0.1) is 6.92 Å². The summed E-state index contributed by atoms with van der Waals surface area (Å²) >= 11 is 0. The van der Waals surface area contributed by atoms with Gasteiger partial charge < -0.3 is 19.3 Å². The smallest absolute Gasteiger partial charge is 0.227 e. The van der Waals surface area contributed by atoms with Gasteiger partial charge in [-0.25, -0.2) is 4.98 Å². The van der Waals surface area contributed by atoms with Crippen molar-refractivity contribution < 1.29 is 9.47 Å². The number of rotatable bonds is 6. The monoisotopic (exact) mass is 348 g/mol. The molecule has 2 saturated heterocycles. The molecule has 1 aromatic heterocycles. The number of hydrogen-bond acceptors (Lipinski definition) is 6. The van der Waals surface area contributed by atoms with Crippen molar-refractivity contribution >= 4 is 11.8 Å². The second kappa shape index (κ2) is 8.81. The fourth-order valence-electron chi connectivity index (χ4n) is 3.89. The fraction of sp³-hybridized carbons (Fsp3) is 0.789. The molecule has 2 aliphatic heterocycles. The van der Waals surface area contributed by atoms with Crippen molar-refractivity contribution in [3.05, 3.63) is 11.8 Å². The van der Waals surface area contributed by atoms with E-state index in [1.54, 1.807) is 0 Å². The zero-order chi connectivity index (χ0) is 17.6. The first-order valence-corrected chi connectivity index (χ1v) is 9.78. The number of aryl methyl sites for hydroxylation is 1. The molecule has 0 N–H and O–H groups in total. The summed E-state index contributed by atoms with van der Waals surface area (Å²) in [6.07, 6.45) is 7.13. The van der Waals surface area contributed by atoms with E-state index in [4.69, 9.17) is 14.5 Å². The molecule has 2 unspecified atom stereocenters. The van der Waals surface area contributed by atoms with Crippen LogP contribution in [-0.2, 0) is 9.47 Å². The average Bonchev–Trinajstić information content (AvgIpc) is 2.63. The van der Waals surface area contributed by atoms with E-state index in [9.17, 15) is 0 Å². The standard InChI is InChI=1S/C19H32N4O2/c1-4-24-16-8-6-10-22(13-16)18-15(3)12-20-19(21-18)23-11-7-9-17(14-23)25-5-2/h12,16-17H,4-11,13-14H2,1-3H3. The average molecular weight is 348 g/mol. The summed E-state index contributed by atoms with van der Waals surface area (Å²) in [4.78, 5) is 14.2. The minimum absolute atomic E-state index is 0.296. The lowest BCUT2D eigenvalue weighted by Gasteiger charge is -2.36. The summed E-state index contributed by atoms with van der Waals surface area (Å²) in [7, 11) is 0. The van der Waals surface area contributed by atoms with E-state index in [-0.39, 0.29) is 0 Å². The molecule has 6 nitrogen and oxygen atoms in total. The molecule has 3 rings (SSSR count). The largest absolute Gasteiger partial charge is 0.377 e. The quantitative estimate of drug-likeness (QED) is 0.788. The highest BCUT2D eigenvalue weighted by molar-refractivity contribution is 5.50. The van der Waals surface area contributed by atoms with E-state index in [0.717, 1.165) is 82.4 Å². The van der Waals surface area contributed by atoms with Crippen LogP contribution in [0.25, 0.3) is 0 Å². The number of ether oxygens (including phenoxy) is 2. The van der Waals surface area contributed by atoms with Crippen LogP contribution < -0.4 is 9.80 Å². The maximum atomic E-state index is 5.85. The van der Waals surface area contributed by atoms with Gasteiger partial charge in [0.2, 0.25) is 5.95 Å². The summed E-state index contributed by atoms with van der Waals surface area (Å²) in [6.45, 7) is 11.6. The van der Waals surface area contributed by atoms with Crippen molar-refractivity contribution in [1.29, 1.82) is 0 Å². The van der Waals surface area contributed by atoms with Gasteiger partial charge in [0.25, 0.3) is 0 Å². The van der Waals surface area contributed by atoms with Gasteiger partial charge in [-0.05, 0) is 46.5 Å². The molecule has 25 heavy (non-hydrogen) atoms. The highest BCUT2D eigenvalue weighted by Gasteiger charge is 2.25. The molecule has 0 amide bonds. The van der Waals surface area contributed by atoms with Crippen LogP contribution in [-0.4, -0.2) is 61.6 Å². The number of hydrogen-bond donors (Lipinski definition) is 0. The van der Waals surface area contributed by atoms with Gasteiger partial charge >= 0.3 is 0 Å². The Bertz CT molecular complexity index is 550. The van der Waals surface area contributed by atoms with Gasteiger partial charge in [0.05, 0.1) is 12.2 Å². The highest BCUT2D eigenvalue weighted by Crippen LogP contribution is 2.26. The highest BCUT2D eigenvalue weighted by atomic mass is 16.5. The van der Waals surface area contributed by atoms with E-state index in [1.165, 1.54) is 0 Å². The fourth-order valence-corrected chi connectivity index (χ4v) is 3.89. The lowest BCUT2D eigenvalue weighted by atomic mass is 10.1. The molecule has 0 spiro atoms. The maximum Gasteiger partial charge on any atom is 0.227 e. The minimum atomic E-state index is 0.296. The van der Waals surface area contributed by atoms with Gasteiger partial charge in [-0.3, -0.25) is 0 Å². The van der Waals surface area contributed by atoms with E-state index < -0.39 is 0 Å². The number of aromatic nitrogens is 2. The molecule has 1 aromatic rings. The van der Waals surface area contributed by atoms with Crippen molar-refractivity contribution in [3.8, 4) is 0 Å². The lowest BCUT2D eigenvalue weighted by Crippen LogP contribution is -2.42. The Morgan fingerprint density at radius 3 is 2.24 bits per heavy atom. The number of piperidine rings is 2. The minimum Gasteiger partial charge on any atom is -0.377 e. The molecule has 140 valence electrons. The van der Waals surface area contributed by atoms with Crippen LogP contribution in [0.2, 0.25) is 0 Å². The van der Waals surface area contributed by atoms with E-state index in [1.807, 2.05) is 6.20 Å². The lowest BCUT2D eigenvalue weighted by molar-refractivity contribution is 0.0521. The number of nitrogens with zero attached hydrogens (tertiary/aromatic N) is 4. The van der Waals surface area contributed by atoms with Gasteiger partial charge in [0.1, 0.15) is 5.82 Å². The molecule has 0 aromatic carbocycles. The normalized spacial score (nSPS) is 24.6. The van der Waals surface area contributed by atoms with Crippen LogP contribution in [0.5, 0.6) is 0 Å². The van der Waals surface area contributed by atoms with Gasteiger partial charge in [0.15, 0.2) is 0 Å². The van der Waals surface area contributed by atoms with E-state index in [0.29, 0.717) is 12.2 Å². The molecule has 0 bridgehead atoms. The first-order chi connectivity index (χ1) is 12.2. The van der Waals surface area contributed by atoms with Crippen LogP contribution >= 0.6 is 0 Å². The Hall–Kier alpha value is -1.40. The Morgan fingerprint density at radius 1 is 1.00 bits per heavy atom. The second-order valence-electron chi connectivity index (χ2n) is 7.01. The Kier molecular flexibility index (Phi) is 6.48. The Labute approximate surface area is 151 Å². The Morgan fingerprint density at radius 2 is 1.60 bits per heavy atom. The van der Waals surface area contributed by atoms with Gasteiger partial charge in [-0.2, -0.15) is 4.98 Å². The van der Waals surface area contributed by atoms with Crippen molar-refractivity contribution in [2.45, 2.75) is 58.7 Å². The first kappa shape index (κ1) is 18.4. The molecule has 0 saturated carbocycles. The molecule has 2 fully saturated rings. The third kappa shape index (κ3) is 4.61. The molecule has 0 aliphatic carbocycles. The molecular weight excluding hydrogens is 316 g/mol. The predicted octanol–water partition coefficient (Wildman–Crippen LogP) is 2.80. The molecule has 6 heteroatoms. The van der Waals surface area contributed by atoms with E-state index >= 15 is 0 Å². The molecule has 2 atom stereocenters. The predicted molar refractivity (Wildman–Crippen MR) is 100 cm³/mol. The topological polar surface area (TPSA) is 50.7 Å². The van der Waals surface area contributed by atoms with Crippen molar-refractivity contribution in [2.24, 2.45) is 0 Å². The Balaban J connectivity index is 1.74. The summed E-state index contributed by atoms with van der Waals surface area (Å²) in [5, 5.41) is 0. The van der Waals surface area contributed by atoms with Crippen LogP contribution in [0.15, 0.2) is 6.20 Å². The SMILES string of the molecule is CCOC1CCCN(c2ncc(C)c(N3CCCC(OCC)C3)n2)C1. The van der Waals surface area contributed by atoms with Crippen LogP contribution in [0.4, 0.5) is 11.8 Å². The molecular formula is C19H32N4O2. The van der Waals surface area contributed by atoms with Gasteiger partial charge in [-0.1, -0.05) is 0 Å². The van der Waals surface area contributed by atoms with Crippen molar-refractivity contribution in [2.75, 3.05) is 49.2 Å². The first-order valence-electron chi connectivity index (χ1n) is 9.78. The zero-order valence-electron chi connectivity index (χ0n) is 15.9. The molecule has 0 radical (unpaired) electrons. The molecule has 2 aliphatic rings. The van der Waals surface area contributed by atoms with E-state index in [2.05, 4.69) is 35.6 Å². The van der Waals surface area contributed by atoms with Gasteiger partial charge in [-0.15, -0.1) is 0 Å². The van der Waals surface area contributed by atoms with Gasteiger partial charge in [0, 0.05) is 51.2 Å². The van der Waals surface area contributed by atoms with Crippen molar-refractivity contribution in [1.82, 2.24) is 9.97 Å². The summed E-state index contributed by atoms with van der Waals surface area (Å²) in [5.41, 5.74) is 1.14. The second-order valence-corrected chi connectivity index (χ2v) is 7.01. The summed E-state index contributed by atoms with van der Waals surface area (Å²) < 4.78 is 11.7. The third-order valence-electron chi connectivity index (χ3n) is 5.08. The van der Waals surface area contributed by atoms with Crippen LogP contribution in [0.1, 0.15) is 45.1 Å². The summed E-state index contributed by atoms with van der Waals surface area (Å²) in [6, 6.07) is 0. The summed E-state index contributed by atoms with van der Waals surface area (Å²) in [5.74, 6) is 1.90. The zero-order valence-corrected chi connectivity index (χ0v) is 15.9. The van der Waals surface area contributed by atoms with Crippen LogP contribution in [0.3, 0.4) is 0 Å².